The number of morpholine rings is 1. The topological polar surface area (TPSA) is 84.0 Å². The molecule has 2 fully saturated rings. The third kappa shape index (κ3) is 4.84. The normalized spacial score (nSPS) is 22.5. The Kier molecular flexibility index (Phi) is 6.87. The van der Waals surface area contributed by atoms with E-state index in [9.17, 15) is 5.26 Å². The summed E-state index contributed by atoms with van der Waals surface area (Å²) >= 11 is 0. The lowest BCUT2D eigenvalue weighted by Gasteiger charge is -2.39. The van der Waals surface area contributed by atoms with Gasteiger partial charge in [-0.25, -0.2) is 0 Å². The third-order valence-electron chi connectivity index (χ3n) is 6.26. The molecule has 2 aliphatic rings. The molecule has 2 atom stereocenters. The van der Waals surface area contributed by atoms with Gasteiger partial charge in [-0.15, -0.1) is 0 Å². The van der Waals surface area contributed by atoms with Gasteiger partial charge in [0, 0.05) is 38.3 Å². The first-order chi connectivity index (χ1) is 15.5. The highest BCUT2D eigenvalue weighted by atomic mass is 16.5. The maximum atomic E-state index is 9.65. The molecule has 0 amide bonds. The second kappa shape index (κ2) is 9.80. The van der Waals surface area contributed by atoms with E-state index < -0.39 is 0 Å². The second-order valence-electron chi connectivity index (χ2n) is 8.76. The van der Waals surface area contributed by atoms with Gasteiger partial charge >= 0.3 is 0 Å². The summed E-state index contributed by atoms with van der Waals surface area (Å²) in [5.41, 5.74) is 1.07. The molecule has 0 saturated carbocycles. The molecule has 172 valence electrons. The average Bonchev–Trinajstić information content (AvgIpc) is 3.23. The Morgan fingerprint density at radius 2 is 1.78 bits per heavy atom. The smallest absolute Gasteiger partial charge is 0.235 e. The van der Waals surface area contributed by atoms with Crippen LogP contribution in [0, 0.1) is 17.2 Å². The van der Waals surface area contributed by atoms with Crippen molar-refractivity contribution in [3.8, 4) is 29.0 Å². The van der Waals surface area contributed by atoms with E-state index >= 15 is 0 Å². The monoisotopic (exact) mass is 440 g/mol. The molecule has 2 unspecified atom stereocenters. The second-order valence-corrected chi connectivity index (χ2v) is 8.76. The van der Waals surface area contributed by atoms with Crippen molar-refractivity contribution >= 4 is 5.88 Å². The summed E-state index contributed by atoms with van der Waals surface area (Å²) in [6.07, 6.45) is 2.72. The van der Waals surface area contributed by atoms with Crippen molar-refractivity contribution in [1.82, 2.24) is 9.88 Å². The van der Waals surface area contributed by atoms with E-state index in [4.69, 9.17) is 18.6 Å². The number of hydrogen-bond donors (Lipinski definition) is 0. The van der Waals surface area contributed by atoms with Crippen LogP contribution in [0.5, 0.6) is 11.5 Å². The molecule has 2 aliphatic heterocycles. The fourth-order valence-electron chi connectivity index (χ4n) is 4.81. The predicted molar refractivity (Wildman–Crippen MR) is 121 cm³/mol. The van der Waals surface area contributed by atoms with Gasteiger partial charge in [-0.3, -0.25) is 4.90 Å². The van der Waals surface area contributed by atoms with Crippen molar-refractivity contribution in [3.05, 3.63) is 23.9 Å². The number of rotatable bonds is 6. The van der Waals surface area contributed by atoms with E-state index in [1.54, 1.807) is 14.2 Å². The van der Waals surface area contributed by atoms with E-state index in [1.807, 2.05) is 18.2 Å². The zero-order valence-corrected chi connectivity index (χ0v) is 19.3. The first-order valence-electron chi connectivity index (χ1n) is 11.3. The molecule has 8 nitrogen and oxygen atoms in total. The van der Waals surface area contributed by atoms with Gasteiger partial charge in [-0.05, 0) is 50.8 Å². The standard InChI is InChI=1S/C24H32N4O4/c1-16-13-27(14-17(2)31-16)15-18-7-9-28(10-8-18)24-20(12-25)26-23(32-24)19-5-6-21(29-3)22(11-19)30-4/h5-6,11,16-18H,7-10,13-15H2,1-4H3. The van der Waals surface area contributed by atoms with E-state index in [1.165, 1.54) is 0 Å². The fourth-order valence-corrected chi connectivity index (χ4v) is 4.81. The quantitative estimate of drug-likeness (QED) is 0.674. The van der Waals surface area contributed by atoms with E-state index in [2.05, 4.69) is 34.7 Å². The molecule has 0 N–H and O–H groups in total. The summed E-state index contributed by atoms with van der Waals surface area (Å²) in [5, 5.41) is 9.65. The van der Waals surface area contributed by atoms with Gasteiger partial charge in [0.1, 0.15) is 6.07 Å². The highest BCUT2D eigenvalue weighted by Crippen LogP contribution is 2.35. The molecule has 2 aromatic rings. The van der Waals surface area contributed by atoms with Crippen molar-refractivity contribution in [1.29, 1.82) is 5.26 Å². The van der Waals surface area contributed by atoms with Crippen LogP contribution < -0.4 is 14.4 Å². The predicted octanol–water partition coefficient (Wildman–Crippen LogP) is 3.56. The number of benzene rings is 1. The zero-order valence-electron chi connectivity index (χ0n) is 19.3. The Balaban J connectivity index is 1.43. The summed E-state index contributed by atoms with van der Waals surface area (Å²) < 4.78 is 22.6. The maximum Gasteiger partial charge on any atom is 0.235 e. The average molecular weight is 441 g/mol. The number of nitrogens with zero attached hydrogens (tertiary/aromatic N) is 4. The van der Waals surface area contributed by atoms with Crippen molar-refractivity contribution in [2.24, 2.45) is 5.92 Å². The molecule has 1 aromatic heterocycles. The number of hydrogen-bond acceptors (Lipinski definition) is 8. The van der Waals surface area contributed by atoms with Crippen LogP contribution in [-0.4, -0.2) is 69.0 Å². The van der Waals surface area contributed by atoms with Gasteiger partial charge in [0.2, 0.25) is 17.5 Å². The molecule has 0 aliphatic carbocycles. The van der Waals surface area contributed by atoms with Crippen LogP contribution in [0.15, 0.2) is 22.6 Å². The molecule has 0 bridgehead atoms. The minimum Gasteiger partial charge on any atom is -0.493 e. The summed E-state index contributed by atoms with van der Waals surface area (Å²) in [6.45, 7) is 9.11. The third-order valence-corrected chi connectivity index (χ3v) is 6.26. The molecule has 0 radical (unpaired) electrons. The first-order valence-corrected chi connectivity index (χ1v) is 11.3. The first kappa shape index (κ1) is 22.4. The summed E-state index contributed by atoms with van der Waals surface area (Å²) in [5.74, 6) is 2.84. The largest absolute Gasteiger partial charge is 0.493 e. The number of aromatic nitrogens is 1. The number of oxazole rings is 1. The molecule has 0 spiro atoms. The Labute approximate surface area is 189 Å². The summed E-state index contributed by atoms with van der Waals surface area (Å²) in [4.78, 5) is 9.13. The molecular formula is C24H32N4O4. The van der Waals surface area contributed by atoms with Gasteiger partial charge in [-0.2, -0.15) is 10.2 Å². The van der Waals surface area contributed by atoms with Crippen molar-refractivity contribution in [2.75, 3.05) is 51.8 Å². The van der Waals surface area contributed by atoms with E-state index in [0.29, 0.717) is 47.1 Å². The Morgan fingerprint density at radius 1 is 1.09 bits per heavy atom. The van der Waals surface area contributed by atoms with Crippen molar-refractivity contribution in [2.45, 2.75) is 38.9 Å². The van der Waals surface area contributed by atoms with E-state index in [0.717, 1.165) is 51.1 Å². The SMILES string of the molecule is COc1ccc(-c2nc(C#N)c(N3CCC(CN4CC(C)OC(C)C4)CC3)o2)cc1OC. The highest BCUT2D eigenvalue weighted by molar-refractivity contribution is 5.63. The molecule has 4 rings (SSSR count). The highest BCUT2D eigenvalue weighted by Gasteiger charge is 2.29. The molecule has 2 saturated heterocycles. The summed E-state index contributed by atoms with van der Waals surface area (Å²) in [6, 6.07) is 7.67. The number of nitriles is 1. The lowest BCUT2D eigenvalue weighted by molar-refractivity contribution is -0.0720. The molecule has 8 heteroatoms. The van der Waals surface area contributed by atoms with Gasteiger partial charge in [0.25, 0.3) is 0 Å². The maximum absolute atomic E-state index is 9.65. The Morgan fingerprint density at radius 3 is 2.41 bits per heavy atom. The van der Waals surface area contributed by atoms with Crippen LogP contribution in [0.4, 0.5) is 5.88 Å². The molecule has 1 aromatic carbocycles. The molecular weight excluding hydrogens is 408 g/mol. The van der Waals surface area contributed by atoms with Crippen molar-refractivity contribution in [3.63, 3.8) is 0 Å². The molecule has 3 heterocycles. The fraction of sp³-hybridized carbons (Fsp3) is 0.583. The van der Waals surface area contributed by atoms with Crippen molar-refractivity contribution < 1.29 is 18.6 Å². The van der Waals surface area contributed by atoms with Crippen LogP contribution in [0.2, 0.25) is 0 Å². The number of methoxy groups -OCH3 is 2. The lowest BCUT2D eigenvalue weighted by Crippen LogP contribution is -2.48. The van der Waals surface area contributed by atoms with Crippen LogP contribution in [0.3, 0.4) is 0 Å². The number of piperidine rings is 1. The summed E-state index contributed by atoms with van der Waals surface area (Å²) in [7, 11) is 3.18. The molecule has 32 heavy (non-hydrogen) atoms. The van der Waals surface area contributed by atoms with Gasteiger partial charge < -0.3 is 23.5 Å². The lowest BCUT2D eigenvalue weighted by atomic mass is 9.95. The van der Waals surface area contributed by atoms with Crippen LogP contribution >= 0.6 is 0 Å². The van der Waals surface area contributed by atoms with Crippen LogP contribution in [0.1, 0.15) is 32.4 Å². The van der Waals surface area contributed by atoms with E-state index in [-0.39, 0.29) is 0 Å². The minimum atomic E-state index is 0.293. The van der Waals surface area contributed by atoms with Crippen LogP contribution in [-0.2, 0) is 4.74 Å². The van der Waals surface area contributed by atoms with Gasteiger partial charge in [-0.1, -0.05) is 0 Å². The number of anilines is 1. The van der Waals surface area contributed by atoms with Crippen LogP contribution in [0.25, 0.3) is 11.5 Å². The zero-order chi connectivity index (χ0) is 22.7. The number of ether oxygens (including phenoxy) is 3. The Hall–Kier alpha value is -2.76. The minimum absolute atomic E-state index is 0.293. The van der Waals surface area contributed by atoms with Gasteiger partial charge in [0.05, 0.1) is 26.4 Å². The Bertz CT molecular complexity index is 951. The van der Waals surface area contributed by atoms with Gasteiger partial charge in [0.15, 0.2) is 11.5 Å².